The molecule has 2 rings (SSSR count). The van der Waals surface area contributed by atoms with Gasteiger partial charge >= 0.3 is 12.1 Å². The highest BCUT2D eigenvalue weighted by Crippen LogP contribution is 2.23. The SMILES string of the molecule is Cc1ccsc1[C@@H](O)CNC(=O)N1CCNC1=O. The minimum atomic E-state index is -0.736. The number of amides is 4. The second kappa shape index (κ2) is 5.36. The molecule has 18 heavy (non-hydrogen) atoms. The minimum absolute atomic E-state index is 0.101. The zero-order chi connectivity index (χ0) is 13.1. The highest BCUT2D eigenvalue weighted by atomic mass is 32.1. The van der Waals surface area contributed by atoms with Gasteiger partial charge in [-0.3, -0.25) is 0 Å². The van der Waals surface area contributed by atoms with Crippen molar-refractivity contribution in [3.8, 4) is 0 Å². The van der Waals surface area contributed by atoms with Crippen LogP contribution in [0.4, 0.5) is 9.59 Å². The van der Waals surface area contributed by atoms with Crippen LogP contribution in [0.15, 0.2) is 11.4 Å². The minimum Gasteiger partial charge on any atom is -0.386 e. The van der Waals surface area contributed by atoms with Crippen LogP contribution in [0.1, 0.15) is 16.5 Å². The van der Waals surface area contributed by atoms with E-state index in [0.29, 0.717) is 13.1 Å². The first-order valence-electron chi connectivity index (χ1n) is 5.65. The number of aliphatic hydroxyl groups is 1. The summed E-state index contributed by atoms with van der Waals surface area (Å²) in [6, 6.07) is 1.05. The van der Waals surface area contributed by atoms with Crippen molar-refractivity contribution in [2.24, 2.45) is 0 Å². The van der Waals surface area contributed by atoms with Crippen LogP contribution in [-0.2, 0) is 0 Å². The van der Waals surface area contributed by atoms with Crippen molar-refractivity contribution in [1.29, 1.82) is 0 Å². The average Bonchev–Trinajstić information content (AvgIpc) is 2.94. The summed E-state index contributed by atoms with van der Waals surface area (Å²) in [7, 11) is 0. The van der Waals surface area contributed by atoms with Crippen molar-refractivity contribution >= 4 is 23.4 Å². The monoisotopic (exact) mass is 269 g/mol. The maximum Gasteiger partial charge on any atom is 0.325 e. The molecule has 1 aromatic heterocycles. The molecular formula is C11H15N3O3S. The van der Waals surface area contributed by atoms with Gasteiger partial charge < -0.3 is 15.7 Å². The van der Waals surface area contributed by atoms with Gasteiger partial charge in [0.15, 0.2) is 0 Å². The van der Waals surface area contributed by atoms with E-state index in [1.807, 2.05) is 18.4 Å². The van der Waals surface area contributed by atoms with Gasteiger partial charge in [0.25, 0.3) is 0 Å². The third-order valence-corrected chi connectivity index (χ3v) is 3.87. The fraction of sp³-hybridized carbons (Fsp3) is 0.455. The Hall–Kier alpha value is -1.60. The van der Waals surface area contributed by atoms with Gasteiger partial charge in [0.05, 0.1) is 6.54 Å². The van der Waals surface area contributed by atoms with Crippen LogP contribution in [0.2, 0.25) is 0 Å². The molecule has 2 heterocycles. The molecule has 0 aromatic carbocycles. The second-order valence-electron chi connectivity index (χ2n) is 4.05. The summed E-state index contributed by atoms with van der Waals surface area (Å²) in [6.07, 6.45) is -0.736. The van der Waals surface area contributed by atoms with E-state index in [9.17, 15) is 14.7 Å². The maximum atomic E-state index is 11.7. The molecule has 98 valence electrons. The Balaban J connectivity index is 1.86. The molecule has 0 saturated carbocycles. The highest BCUT2D eigenvalue weighted by Gasteiger charge is 2.26. The summed E-state index contributed by atoms with van der Waals surface area (Å²) in [5, 5.41) is 16.9. The number of hydrogen-bond acceptors (Lipinski definition) is 4. The number of thiophene rings is 1. The molecule has 0 bridgehead atoms. The Labute approximate surface area is 109 Å². The molecular weight excluding hydrogens is 254 g/mol. The third kappa shape index (κ3) is 2.62. The Kier molecular flexibility index (Phi) is 3.83. The number of imide groups is 1. The number of aryl methyl sites for hydroxylation is 1. The van der Waals surface area contributed by atoms with Crippen molar-refractivity contribution in [3.05, 3.63) is 21.9 Å². The number of nitrogens with one attached hydrogen (secondary N) is 2. The largest absolute Gasteiger partial charge is 0.386 e. The van der Waals surface area contributed by atoms with E-state index >= 15 is 0 Å². The van der Waals surface area contributed by atoms with Crippen molar-refractivity contribution in [3.63, 3.8) is 0 Å². The Morgan fingerprint density at radius 1 is 1.72 bits per heavy atom. The van der Waals surface area contributed by atoms with Crippen molar-refractivity contribution in [2.45, 2.75) is 13.0 Å². The third-order valence-electron chi connectivity index (χ3n) is 2.75. The number of hydrogen-bond donors (Lipinski definition) is 3. The van der Waals surface area contributed by atoms with Gasteiger partial charge in [0, 0.05) is 18.0 Å². The van der Waals surface area contributed by atoms with Gasteiger partial charge in [-0.25, -0.2) is 14.5 Å². The summed E-state index contributed by atoms with van der Waals surface area (Å²) in [5.74, 6) is 0. The van der Waals surface area contributed by atoms with E-state index in [0.717, 1.165) is 15.3 Å². The first-order valence-corrected chi connectivity index (χ1v) is 6.53. The lowest BCUT2D eigenvalue weighted by Gasteiger charge is -2.16. The molecule has 1 fully saturated rings. The molecule has 1 aliphatic heterocycles. The van der Waals surface area contributed by atoms with Gasteiger partial charge in [-0.1, -0.05) is 0 Å². The molecule has 7 heteroatoms. The molecule has 0 spiro atoms. The Morgan fingerprint density at radius 2 is 2.50 bits per heavy atom. The molecule has 0 aliphatic carbocycles. The highest BCUT2D eigenvalue weighted by molar-refractivity contribution is 7.10. The van der Waals surface area contributed by atoms with Gasteiger partial charge in [0.2, 0.25) is 0 Å². The van der Waals surface area contributed by atoms with E-state index < -0.39 is 18.2 Å². The lowest BCUT2D eigenvalue weighted by atomic mass is 10.2. The first kappa shape index (κ1) is 12.8. The normalized spacial score (nSPS) is 16.6. The predicted octanol–water partition coefficient (Wildman–Crippen LogP) is 0.825. The van der Waals surface area contributed by atoms with Gasteiger partial charge in [0.1, 0.15) is 6.10 Å². The van der Waals surface area contributed by atoms with Crippen LogP contribution in [0, 0.1) is 6.92 Å². The van der Waals surface area contributed by atoms with Crippen LogP contribution in [0.3, 0.4) is 0 Å². The fourth-order valence-electron chi connectivity index (χ4n) is 1.76. The Bertz CT molecular complexity index is 460. The van der Waals surface area contributed by atoms with Crippen molar-refractivity contribution < 1.29 is 14.7 Å². The molecule has 0 unspecified atom stereocenters. The number of carbonyl (C=O) groups excluding carboxylic acids is 2. The van der Waals surface area contributed by atoms with Crippen LogP contribution in [-0.4, -0.2) is 41.7 Å². The summed E-state index contributed by atoms with van der Waals surface area (Å²) in [6.45, 7) is 2.84. The van der Waals surface area contributed by atoms with Crippen molar-refractivity contribution in [2.75, 3.05) is 19.6 Å². The number of carbonyl (C=O) groups is 2. The second-order valence-corrected chi connectivity index (χ2v) is 5.00. The molecule has 1 aliphatic rings. The van der Waals surface area contributed by atoms with E-state index in [1.54, 1.807) is 0 Å². The molecule has 6 nitrogen and oxygen atoms in total. The Morgan fingerprint density at radius 3 is 3.06 bits per heavy atom. The maximum absolute atomic E-state index is 11.7. The van der Waals surface area contributed by atoms with Crippen LogP contribution >= 0.6 is 11.3 Å². The zero-order valence-electron chi connectivity index (χ0n) is 9.97. The van der Waals surface area contributed by atoms with Crippen molar-refractivity contribution in [1.82, 2.24) is 15.5 Å². The zero-order valence-corrected chi connectivity index (χ0v) is 10.8. The predicted molar refractivity (Wildman–Crippen MR) is 67.5 cm³/mol. The summed E-state index contributed by atoms with van der Waals surface area (Å²) in [4.78, 5) is 24.8. The van der Waals surface area contributed by atoms with E-state index in [4.69, 9.17) is 0 Å². The van der Waals surface area contributed by atoms with Gasteiger partial charge in [-0.05, 0) is 23.9 Å². The molecule has 1 atom stereocenters. The van der Waals surface area contributed by atoms with Gasteiger partial charge in [-0.15, -0.1) is 11.3 Å². The number of aliphatic hydroxyl groups excluding tert-OH is 1. The fourth-order valence-corrected chi connectivity index (χ4v) is 2.68. The van der Waals surface area contributed by atoms with E-state index in [-0.39, 0.29) is 6.54 Å². The van der Waals surface area contributed by atoms with Crippen LogP contribution in [0.5, 0.6) is 0 Å². The topological polar surface area (TPSA) is 81.7 Å². The van der Waals surface area contributed by atoms with Crippen LogP contribution in [0.25, 0.3) is 0 Å². The molecule has 1 saturated heterocycles. The summed E-state index contributed by atoms with van der Waals surface area (Å²) in [5.41, 5.74) is 1.00. The van der Waals surface area contributed by atoms with Gasteiger partial charge in [-0.2, -0.15) is 0 Å². The molecule has 3 N–H and O–H groups in total. The standard InChI is InChI=1S/C11H15N3O3S/c1-7-2-5-18-9(7)8(15)6-13-11(17)14-4-3-12-10(14)16/h2,5,8,15H,3-4,6H2,1H3,(H,12,16)(H,13,17)/t8-/m0/s1. The number of nitrogens with zero attached hydrogens (tertiary/aromatic N) is 1. The quantitative estimate of drug-likeness (QED) is 0.760. The van der Waals surface area contributed by atoms with E-state index in [2.05, 4.69) is 10.6 Å². The molecule has 1 aromatic rings. The molecule has 4 amide bonds. The lowest BCUT2D eigenvalue weighted by Crippen LogP contribution is -2.43. The van der Waals surface area contributed by atoms with Crippen LogP contribution < -0.4 is 10.6 Å². The number of rotatable bonds is 3. The van der Waals surface area contributed by atoms with E-state index in [1.165, 1.54) is 11.3 Å². The average molecular weight is 269 g/mol. The summed E-state index contributed by atoms with van der Waals surface area (Å²) < 4.78 is 0. The lowest BCUT2D eigenvalue weighted by molar-refractivity contribution is 0.167. The number of urea groups is 2. The summed E-state index contributed by atoms with van der Waals surface area (Å²) >= 11 is 1.45. The molecule has 0 radical (unpaired) electrons. The first-order chi connectivity index (χ1) is 8.59. The smallest absolute Gasteiger partial charge is 0.325 e.